The molecule has 0 spiro atoms. The predicted octanol–water partition coefficient (Wildman–Crippen LogP) is 16.4. The first-order valence-electron chi connectivity index (χ1n) is 21.9. The van der Waals surface area contributed by atoms with Crippen LogP contribution in [-0.2, 0) is 10.8 Å². The summed E-state index contributed by atoms with van der Waals surface area (Å²) in [4.78, 5) is 2.54. The number of nitrogens with zero attached hydrogens (tertiary/aromatic N) is 1. The minimum absolute atomic E-state index is 0.109. The summed E-state index contributed by atoms with van der Waals surface area (Å²) in [5, 5.41) is 4.95. The van der Waals surface area contributed by atoms with Gasteiger partial charge < -0.3 is 4.90 Å². The van der Waals surface area contributed by atoms with E-state index in [0.717, 1.165) is 17.1 Å². The predicted molar refractivity (Wildman–Crippen MR) is 262 cm³/mol. The van der Waals surface area contributed by atoms with Crippen LogP contribution in [0.15, 0.2) is 218 Å². The zero-order valence-corrected chi connectivity index (χ0v) is 35.2. The fraction of sp³-hybridized carbons (Fsp3) is 0.0820. The average Bonchev–Trinajstić information content (AvgIpc) is 3.73. The number of anilines is 3. The Balaban J connectivity index is 1.12. The highest BCUT2D eigenvalue weighted by atomic mass is 15.1. The van der Waals surface area contributed by atoms with Crippen molar-refractivity contribution in [3.05, 3.63) is 246 Å². The SMILES string of the molecule is CC1(C)c2ccccc2-c2c(-c3ccccc3N(c3ccccc3-c3ccc4c(c3)-c3ccccc3C4(C)c3ccccc3)c3cccc4c3ccc3ccccc34)cccc21. The van der Waals surface area contributed by atoms with Crippen molar-refractivity contribution < 1.29 is 0 Å². The Bertz CT molecular complexity index is 3410. The van der Waals surface area contributed by atoms with Crippen molar-refractivity contribution >= 4 is 38.6 Å². The lowest BCUT2D eigenvalue weighted by atomic mass is 9.74. The smallest absolute Gasteiger partial charge is 0.0540 e. The maximum absolute atomic E-state index is 2.54. The number of benzene rings is 10. The van der Waals surface area contributed by atoms with Gasteiger partial charge in [-0.2, -0.15) is 0 Å². The van der Waals surface area contributed by atoms with E-state index >= 15 is 0 Å². The molecule has 2 aliphatic carbocycles. The summed E-state index contributed by atoms with van der Waals surface area (Å²) < 4.78 is 0. The largest absolute Gasteiger partial charge is 0.309 e. The molecule has 1 atom stereocenters. The highest BCUT2D eigenvalue weighted by Crippen LogP contribution is 2.56. The molecule has 0 radical (unpaired) electrons. The number of rotatable bonds is 6. The summed E-state index contributed by atoms with van der Waals surface area (Å²) in [5.74, 6) is 0. The van der Waals surface area contributed by atoms with Crippen LogP contribution in [-0.4, -0.2) is 0 Å². The Hall–Kier alpha value is -7.48. The molecule has 1 nitrogen and oxygen atoms in total. The van der Waals surface area contributed by atoms with Crippen LogP contribution in [0.25, 0.3) is 66.1 Å². The Morgan fingerprint density at radius 1 is 0.323 bits per heavy atom. The third kappa shape index (κ3) is 5.21. The third-order valence-corrected chi connectivity index (χ3v) is 14.2. The first kappa shape index (κ1) is 36.4. The van der Waals surface area contributed by atoms with Gasteiger partial charge >= 0.3 is 0 Å². The minimum Gasteiger partial charge on any atom is -0.309 e. The second-order valence-electron chi connectivity index (χ2n) is 17.7. The van der Waals surface area contributed by atoms with Crippen LogP contribution in [0.2, 0.25) is 0 Å². The van der Waals surface area contributed by atoms with Gasteiger partial charge in [0.15, 0.2) is 0 Å². The van der Waals surface area contributed by atoms with Gasteiger partial charge in [-0.25, -0.2) is 0 Å². The van der Waals surface area contributed by atoms with Gasteiger partial charge in [-0.15, -0.1) is 0 Å². The lowest BCUT2D eigenvalue weighted by Gasteiger charge is -2.31. The molecule has 0 aliphatic heterocycles. The van der Waals surface area contributed by atoms with Crippen LogP contribution in [0, 0.1) is 0 Å². The molecule has 10 aromatic carbocycles. The summed E-state index contributed by atoms with van der Waals surface area (Å²) >= 11 is 0. The Morgan fingerprint density at radius 2 is 0.887 bits per heavy atom. The van der Waals surface area contributed by atoms with E-state index in [4.69, 9.17) is 0 Å². The van der Waals surface area contributed by atoms with Crippen molar-refractivity contribution in [2.75, 3.05) is 4.90 Å². The molecule has 10 aromatic rings. The fourth-order valence-electron chi connectivity index (χ4n) is 11.1. The molecule has 0 bridgehead atoms. The van der Waals surface area contributed by atoms with E-state index in [2.05, 4.69) is 244 Å². The van der Waals surface area contributed by atoms with Crippen molar-refractivity contribution in [3.8, 4) is 44.5 Å². The van der Waals surface area contributed by atoms with E-state index in [1.165, 1.54) is 93.9 Å². The molecular formula is C61H45N. The number of fused-ring (bicyclic) bond motifs is 9. The third-order valence-electron chi connectivity index (χ3n) is 14.2. The topological polar surface area (TPSA) is 3.24 Å². The van der Waals surface area contributed by atoms with E-state index in [0.29, 0.717) is 0 Å². The van der Waals surface area contributed by atoms with Crippen LogP contribution in [0.5, 0.6) is 0 Å². The van der Waals surface area contributed by atoms with Crippen LogP contribution < -0.4 is 4.90 Å². The van der Waals surface area contributed by atoms with Crippen molar-refractivity contribution in [1.29, 1.82) is 0 Å². The van der Waals surface area contributed by atoms with E-state index in [1.807, 2.05) is 0 Å². The lowest BCUT2D eigenvalue weighted by molar-refractivity contribution is 0.660. The summed E-state index contributed by atoms with van der Waals surface area (Å²) in [6.07, 6.45) is 0. The Morgan fingerprint density at radius 3 is 1.71 bits per heavy atom. The number of hydrogen-bond acceptors (Lipinski definition) is 1. The van der Waals surface area contributed by atoms with Gasteiger partial charge in [-0.1, -0.05) is 208 Å². The minimum atomic E-state index is -0.259. The molecule has 12 rings (SSSR count). The van der Waals surface area contributed by atoms with Crippen LogP contribution >= 0.6 is 0 Å². The van der Waals surface area contributed by atoms with Crippen LogP contribution in [0.4, 0.5) is 17.1 Å². The zero-order valence-electron chi connectivity index (χ0n) is 35.2. The fourth-order valence-corrected chi connectivity index (χ4v) is 11.1. The normalized spacial score (nSPS) is 15.5. The molecule has 1 unspecified atom stereocenters. The molecule has 0 saturated carbocycles. The molecule has 62 heavy (non-hydrogen) atoms. The summed E-state index contributed by atoms with van der Waals surface area (Å²) in [6.45, 7) is 7.13. The van der Waals surface area contributed by atoms with Gasteiger partial charge in [-0.05, 0) is 109 Å². The Labute approximate surface area is 364 Å². The molecule has 0 fully saturated rings. The molecular weight excluding hydrogens is 747 g/mol. The first-order valence-corrected chi connectivity index (χ1v) is 21.9. The zero-order chi connectivity index (χ0) is 41.6. The van der Waals surface area contributed by atoms with Crippen molar-refractivity contribution in [3.63, 3.8) is 0 Å². The molecule has 294 valence electrons. The standard InChI is InChI=1S/C61H45N/c1-60(2)52-29-13-10-26-50(52)59-49(28-17-31-55(59)60)47-25-12-16-33-57(47)62(58-34-18-27-45-43-22-8-7-19-40(43)35-37-48(45)58)56-32-15-11-23-44(56)41-36-38-54-51(39-41)46-24-9-14-30-53(46)61(54,3)42-20-5-4-6-21-42/h4-39H,1-3H3. The average molecular weight is 792 g/mol. The first-order chi connectivity index (χ1) is 30.4. The quantitative estimate of drug-likeness (QED) is 0.152. The van der Waals surface area contributed by atoms with E-state index in [-0.39, 0.29) is 10.8 Å². The van der Waals surface area contributed by atoms with E-state index < -0.39 is 0 Å². The maximum Gasteiger partial charge on any atom is 0.0540 e. The number of hydrogen-bond donors (Lipinski definition) is 0. The van der Waals surface area contributed by atoms with Gasteiger partial charge in [0.2, 0.25) is 0 Å². The molecule has 0 heterocycles. The van der Waals surface area contributed by atoms with Crippen molar-refractivity contribution in [2.24, 2.45) is 0 Å². The van der Waals surface area contributed by atoms with Gasteiger partial charge in [0.05, 0.1) is 17.1 Å². The maximum atomic E-state index is 2.54. The summed E-state index contributed by atoms with van der Waals surface area (Å²) in [5.41, 5.74) is 19.9. The molecule has 0 aromatic heterocycles. The van der Waals surface area contributed by atoms with Gasteiger partial charge in [-0.3, -0.25) is 0 Å². The van der Waals surface area contributed by atoms with Crippen molar-refractivity contribution in [1.82, 2.24) is 0 Å². The summed E-state index contributed by atoms with van der Waals surface area (Å²) in [7, 11) is 0. The molecule has 2 aliphatic rings. The second kappa shape index (κ2) is 13.8. The Kier molecular flexibility index (Phi) is 8.08. The van der Waals surface area contributed by atoms with E-state index in [9.17, 15) is 0 Å². The molecule has 0 amide bonds. The van der Waals surface area contributed by atoms with Crippen LogP contribution in [0.1, 0.15) is 48.6 Å². The molecule has 0 saturated heterocycles. The van der Waals surface area contributed by atoms with Gasteiger partial charge in [0.25, 0.3) is 0 Å². The van der Waals surface area contributed by atoms with E-state index in [1.54, 1.807) is 0 Å². The molecule has 1 heteroatoms. The monoisotopic (exact) mass is 791 g/mol. The summed E-state index contributed by atoms with van der Waals surface area (Å²) in [6, 6.07) is 81.3. The van der Waals surface area contributed by atoms with Gasteiger partial charge in [0.1, 0.15) is 0 Å². The number of para-hydroxylation sites is 2. The lowest BCUT2D eigenvalue weighted by Crippen LogP contribution is -2.22. The molecule has 0 N–H and O–H groups in total. The van der Waals surface area contributed by atoms with Crippen LogP contribution in [0.3, 0.4) is 0 Å². The van der Waals surface area contributed by atoms with Crippen molar-refractivity contribution in [2.45, 2.75) is 31.6 Å². The highest BCUT2D eigenvalue weighted by molar-refractivity contribution is 6.14. The van der Waals surface area contributed by atoms with Gasteiger partial charge in [0, 0.05) is 27.3 Å². The highest BCUT2D eigenvalue weighted by Gasteiger charge is 2.41. The second-order valence-corrected chi connectivity index (χ2v) is 17.7.